The van der Waals surface area contributed by atoms with E-state index < -0.39 is 0 Å². The third-order valence-corrected chi connectivity index (χ3v) is 3.14. The molecule has 1 heterocycles. The molecule has 88 valence electrons. The average Bonchev–Trinajstić information content (AvgIpc) is 2.26. The number of ether oxygens (including phenoxy) is 1. The molecule has 0 radical (unpaired) electrons. The van der Waals surface area contributed by atoms with Crippen molar-refractivity contribution in [1.82, 2.24) is 0 Å². The smallest absolute Gasteiger partial charge is 0.0559 e. The van der Waals surface area contributed by atoms with Gasteiger partial charge in [-0.2, -0.15) is 0 Å². The van der Waals surface area contributed by atoms with Crippen molar-refractivity contribution in [3.8, 4) is 0 Å². The molecule has 2 nitrogen and oxygen atoms in total. The van der Waals surface area contributed by atoms with Gasteiger partial charge in [-0.3, -0.25) is 0 Å². The number of hydrogen-bond acceptors (Lipinski definition) is 2. The third-order valence-electron chi connectivity index (χ3n) is 3.14. The molecule has 0 aliphatic carbocycles. The van der Waals surface area contributed by atoms with Crippen LogP contribution in [-0.4, -0.2) is 19.8 Å². The Morgan fingerprint density at radius 3 is 2.69 bits per heavy atom. The largest absolute Gasteiger partial charge is 0.384 e. The van der Waals surface area contributed by atoms with Crippen LogP contribution in [0, 0.1) is 5.41 Å². The van der Waals surface area contributed by atoms with Crippen molar-refractivity contribution in [3.05, 3.63) is 29.8 Å². The van der Waals surface area contributed by atoms with Crippen LogP contribution in [0.25, 0.3) is 0 Å². The normalized spacial score (nSPS) is 17.9. The number of aryl methyl sites for hydroxylation is 1. The van der Waals surface area contributed by atoms with E-state index in [4.69, 9.17) is 4.74 Å². The summed E-state index contributed by atoms with van der Waals surface area (Å²) in [6.07, 6.45) is 2.34. The lowest BCUT2D eigenvalue weighted by atomic mass is 9.88. The van der Waals surface area contributed by atoms with Crippen LogP contribution in [-0.2, 0) is 11.2 Å². The molecule has 1 aromatic rings. The minimum absolute atomic E-state index is 0.333. The Morgan fingerprint density at radius 1 is 1.31 bits per heavy atom. The van der Waals surface area contributed by atoms with Crippen molar-refractivity contribution in [2.45, 2.75) is 26.7 Å². The number of rotatable bonds is 5. The van der Waals surface area contributed by atoms with Gasteiger partial charge in [0.1, 0.15) is 0 Å². The van der Waals surface area contributed by atoms with Gasteiger partial charge >= 0.3 is 0 Å². The van der Waals surface area contributed by atoms with Crippen molar-refractivity contribution >= 4 is 5.69 Å². The Labute approximate surface area is 98.0 Å². The van der Waals surface area contributed by atoms with E-state index in [-0.39, 0.29) is 0 Å². The third kappa shape index (κ3) is 2.56. The topological polar surface area (TPSA) is 21.3 Å². The van der Waals surface area contributed by atoms with Crippen LogP contribution >= 0.6 is 0 Å². The van der Waals surface area contributed by atoms with Crippen LogP contribution in [0.3, 0.4) is 0 Å². The van der Waals surface area contributed by atoms with E-state index in [1.54, 1.807) is 0 Å². The summed E-state index contributed by atoms with van der Waals surface area (Å²) in [6.45, 7) is 7.27. The number of para-hydroxylation sites is 1. The molecule has 16 heavy (non-hydrogen) atoms. The van der Waals surface area contributed by atoms with Gasteiger partial charge < -0.3 is 10.1 Å². The van der Waals surface area contributed by atoms with E-state index in [1.807, 2.05) is 0 Å². The minimum Gasteiger partial charge on any atom is -0.384 e. The van der Waals surface area contributed by atoms with Gasteiger partial charge in [0.25, 0.3) is 0 Å². The first-order chi connectivity index (χ1) is 7.73. The minimum atomic E-state index is 0.333. The van der Waals surface area contributed by atoms with E-state index in [2.05, 4.69) is 43.4 Å². The number of anilines is 1. The zero-order valence-corrected chi connectivity index (χ0v) is 10.3. The molecule has 1 N–H and O–H groups in total. The van der Waals surface area contributed by atoms with Gasteiger partial charge in [-0.15, -0.1) is 0 Å². The molecule has 0 atom stereocenters. The molecule has 0 unspecified atom stereocenters. The molecule has 2 heteroatoms. The number of hydrogen-bond donors (Lipinski definition) is 1. The Kier molecular flexibility index (Phi) is 3.49. The lowest BCUT2D eigenvalue weighted by Gasteiger charge is -2.38. The Balaban J connectivity index is 1.97. The predicted octanol–water partition coefficient (Wildman–Crippen LogP) is 3.09. The molecule has 1 fully saturated rings. The molecule has 2 rings (SSSR count). The van der Waals surface area contributed by atoms with Crippen molar-refractivity contribution < 1.29 is 4.74 Å². The highest BCUT2D eigenvalue weighted by Crippen LogP contribution is 2.27. The molecule has 0 amide bonds. The van der Waals surface area contributed by atoms with Crippen LogP contribution < -0.4 is 5.32 Å². The second-order valence-electron chi connectivity index (χ2n) is 5.06. The van der Waals surface area contributed by atoms with Gasteiger partial charge in [-0.1, -0.05) is 38.5 Å². The lowest BCUT2D eigenvalue weighted by Crippen LogP contribution is -2.45. The van der Waals surface area contributed by atoms with Crippen molar-refractivity contribution in [3.63, 3.8) is 0 Å². The second kappa shape index (κ2) is 4.88. The molecule has 1 saturated heterocycles. The summed E-state index contributed by atoms with van der Waals surface area (Å²) in [6, 6.07) is 8.60. The first-order valence-corrected chi connectivity index (χ1v) is 6.13. The number of benzene rings is 1. The van der Waals surface area contributed by atoms with Gasteiger partial charge in [0.2, 0.25) is 0 Å². The molecule has 0 spiro atoms. The highest BCUT2D eigenvalue weighted by atomic mass is 16.5. The van der Waals surface area contributed by atoms with Gasteiger partial charge in [0.15, 0.2) is 0 Å². The molecular formula is C14H21NO. The summed E-state index contributed by atoms with van der Waals surface area (Å²) in [7, 11) is 0. The lowest BCUT2D eigenvalue weighted by molar-refractivity contribution is -0.0924. The summed E-state index contributed by atoms with van der Waals surface area (Å²) in [5, 5.41) is 3.56. The summed E-state index contributed by atoms with van der Waals surface area (Å²) in [5.74, 6) is 0. The summed E-state index contributed by atoms with van der Waals surface area (Å²) < 4.78 is 5.26. The SMILES string of the molecule is CCCc1ccccc1NCC1(C)COC1. The second-order valence-corrected chi connectivity index (χ2v) is 5.06. The molecule has 1 aromatic carbocycles. The fourth-order valence-corrected chi connectivity index (χ4v) is 2.04. The molecule has 1 aliphatic rings. The van der Waals surface area contributed by atoms with E-state index >= 15 is 0 Å². The first-order valence-electron chi connectivity index (χ1n) is 6.13. The maximum atomic E-state index is 5.26. The summed E-state index contributed by atoms with van der Waals surface area (Å²) in [5.41, 5.74) is 3.05. The average molecular weight is 219 g/mol. The molecule has 0 bridgehead atoms. The van der Waals surface area contributed by atoms with Crippen LogP contribution in [0.1, 0.15) is 25.8 Å². The van der Waals surface area contributed by atoms with E-state index in [0.29, 0.717) is 5.41 Å². The Morgan fingerprint density at radius 2 is 2.06 bits per heavy atom. The predicted molar refractivity (Wildman–Crippen MR) is 67.9 cm³/mol. The first kappa shape index (κ1) is 11.5. The van der Waals surface area contributed by atoms with E-state index in [0.717, 1.165) is 26.2 Å². The van der Waals surface area contributed by atoms with Gasteiger partial charge in [0, 0.05) is 17.6 Å². The molecule has 0 saturated carbocycles. The quantitative estimate of drug-likeness (QED) is 0.821. The maximum Gasteiger partial charge on any atom is 0.0559 e. The summed E-state index contributed by atoms with van der Waals surface area (Å²) >= 11 is 0. The van der Waals surface area contributed by atoms with Crippen LogP contribution in [0.2, 0.25) is 0 Å². The van der Waals surface area contributed by atoms with E-state index in [1.165, 1.54) is 17.7 Å². The number of nitrogens with one attached hydrogen (secondary N) is 1. The Bertz CT molecular complexity index is 344. The standard InChI is InChI=1S/C14H21NO/c1-3-6-12-7-4-5-8-13(12)15-9-14(2)10-16-11-14/h4-5,7-8,15H,3,6,9-11H2,1-2H3. The fraction of sp³-hybridized carbons (Fsp3) is 0.571. The van der Waals surface area contributed by atoms with Crippen LogP contribution in [0.4, 0.5) is 5.69 Å². The van der Waals surface area contributed by atoms with Gasteiger partial charge in [-0.25, -0.2) is 0 Å². The molecular weight excluding hydrogens is 198 g/mol. The zero-order valence-electron chi connectivity index (χ0n) is 10.3. The van der Waals surface area contributed by atoms with Gasteiger partial charge in [-0.05, 0) is 18.1 Å². The Hall–Kier alpha value is -1.02. The van der Waals surface area contributed by atoms with E-state index in [9.17, 15) is 0 Å². The van der Waals surface area contributed by atoms with Crippen LogP contribution in [0.5, 0.6) is 0 Å². The fourth-order valence-electron chi connectivity index (χ4n) is 2.04. The highest BCUT2D eigenvalue weighted by Gasteiger charge is 2.32. The summed E-state index contributed by atoms with van der Waals surface area (Å²) in [4.78, 5) is 0. The molecule has 1 aliphatic heterocycles. The van der Waals surface area contributed by atoms with Gasteiger partial charge in [0.05, 0.1) is 13.2 Å². The highest BCUT2D eigenvalue weighted by molar-refractivity contribution is 5.51. The van der Waals surface area contributed by atoms with Crippen molar-refractivity contribution in [2.24, 2.45) is 5.41 Å². The van der Waals surface area contributed by atoms with Crippen molar-refractivity contribution in [1.29, 1.82) is 0 Å². The van der Waals surface area contributed by atoms with Crippen LogP contribution in [0.15, 0.2) is 24.3 Å². The van der Waals surface area contributed by atoms with Crippen molar-refractivity contribution in [2.75, 3.05) is 25.1 Å². The zero-order chi connectivity index (χ0) is 11.4. The molecule has 0 aromatic heterocycles. The maximum absolute atomic E-state index is 5.26. The monoisotopic (exact) mass is 219 g/mol.